The molecule has 2 fully saturated rings. The predicted molar refractivity (Wildman–Crippen MR) is 89.4 cm³/mol. The fourth-order valence-corrected chi connectivity index (χ4v) is 4.22. The summed E-state index contributed by atoms with van der Waals surface area (Å²) in [4.78, 5) is 28.9. The number of likely N-dealkylation sites (tertiary alicyclic amines) is 1. The lowest BCUT2D eigenvalue weighted by Crippen LogP contribution is -2.40. The Kier molecular flexibility index (Phi) is 3.83. The molecule has 122 valence electrons. The second-order valence-electron chi connectivity index (χ2n) is 7.10. The molecule has 4 nitrogen and oxygen atoms in total. The van der Waals surface area contributed by atoms with Gasteiger partial charge in [0.15, 0.2) is 0 Å². The van der Waals surface area contributed by atoms with Gasteiger partial charge in [0.2, 0.25) is 11.8 Å². The van der Waals surface area contributed by atoms with Crippen LogP contribution in [0.5, 0.6) is 0 Å². The summed E-state index contributed by atoms with van der Waals surface area (Å²) in [6.07, 6.45) is 7.26. The normalized spacial score (nSPS) is 24.2. The summed E-state index contributed by atoms with van der Waals surface area (Å²) in [6.45, 7) is 2.28. The van der Waals surface area contributed by atoms with Gasteiger partial charge in [-0.25, -0.2) is 0 Å². The minimum Gasteiger partial charge on any atom is -0.342 e. The Hall–Kier alpha value is -1.84. The summed E-state index contributed by atoms with van der Waals surface area (Å²) in [5.41, 5.74) is 3.77. The van der Waals surface area contributed by atoms with Gasteiger partial charge in [-0.3, -0.25) is 9.59 Å². The van der Waals surface area contributed by atoms with E-state index in [1.54, 1.807) is 0 Å². The molecule has 0 bridgehead atoms. The first-order valence-electron chi connectivity index (χ1n) is 8.93. The Morgan fingerprint density at radius 1 is 1.00 bits per heavy atom. The molecule has 2 heterocycles. The maximum atomic E-state index is 12.7. The number of nitrogens with zero attached hydrogens (tertiary/aromatic N) is 2. The van der Waals surface area contributed by atoms with E-state index >= 15 is 0 Å². The number of carbonyl (C=O) groups excluding carboxylic acids is 2. The molecule has 1 aromatic carbocycles. The highest BCUT2D eigenvalue weighted by Crippen LogP contribution is 2.31. The van der Waals surface area contributed by atoms with E-state index in [4.69, 9.17) is 0 Å². The van der Waals surface area contributed by atoms with Crippen LogP contribution < -0.4 is 4.90 Å². The fraction of sp³-hybridized carbons (Fsp3) is 0.579. The van der Waals surface area contributed by atoms with E-state index < -0.39 is 0 Å². The second-order valence-corrected chi connectivity index (χ2v) is 7.10. The van der Waals surface area contributed by atoms with Crippen molar-refractivity contribution in [3.63, 3.8) is 0 Å². The van der Waals surface area contributed by atoms with Crippen LogP contribution in [0.25, 0.3) is 0 Å². The number of fused-ring (bicyclic) bond motifs is 1. The maximum absolute atomic E-state index is 12.7. The monoisotopic (exact) mass is 312 g/mol. The Balaban J connectivity index is 1.48. The van der Waals surface area contributed by atoms with Crippen molar-refractivity contribution in [2.24, 2.45) is 5.92 Å². The molecular formula is C19H24N2O2. The van der Waals surface area contributed by atoms with Crippen LogP contribution in [0.4, 0.5) is 5.69 Å². The average molecular weight is 312 g/mol. The molecule has 0 aromatic heterocycles. The summed E-state index contributed by atoms with van der Waals surface area (Å²) in [7, 11) is 0. The van der Waals surface area contributed by atoms with Crippen LogP contribution >= 0.6 is 0 Å². The first-order valence-corrected chi connectivity index (χ1v) is 8.93. The lowest BCUT2D eigenvalue weighted by molar-refractivity contribution is -0.136. The minimum atomic E-state index is -0.158. The molecule has 1 atom stereocenters. The molecule has 1 aliphatic carbocycles. The molecule has 4 heteroatoms. The van der Waals surface area contributed by atoms with Gasteiger partial charge in [-0.1, -0.05) is 6.07 Å². The van der Waals surface area contributed by atoms with Crippen molar-refractivity contribution in [1.29, 1.82) is 0 Å². The summed E-state index contributed by atoms with van der Waals surface area (Å²) >= 11 is 0. The van der Waals surface area contributed by atoms with Crippen molar-refractivity contribution >= 4 is 17.5 Å². The first kappa shape index (κ1) is 14.7. The molecule has 0 unspecified atom stereocenters. The number of hydrogen-bond acceptors (Lipinski definition) is 2. The van der Waals surface area contributed by atoms with Crippen LogP contribution in [0, 0.1) is 5.92 Å². The smallest absolute Gasteiger partial charge is 0.228 e. The number of rotatable bonds is 2. The van der Waals surface area contributed by atoms with Crippen LogP contribution in [0.3, 0.4) is 0 Å². The van der Waals surface area contributed by atoms with Gasteiger partial charge < -0.3 is 9.80 Å². The standard InChI is InChI=1S/C19H24N2O2/c22-18-12-16(19(23)20-9-2-1-3-10-20)13-21(18)17-8-7-14-5-4-6-15(14)11-17/h7-8,11,16H,1-6,9-10,12-13H2/t16-/m1/s1. The molecule has 23 heavy (non-hydrogen) atoms. The van der Waals surface area contributed by atoms with E-state index in [1.165, 1.54) is 24.0 Å². The second kappa shape index (κ2) is 5.99. The Morgan fingerprint density at radius 2 is 1.78 bits per heavy atom. The lowest BCUT2D eigenvalue weighted by atomic mass is 10.0. The first-order chi connectivity index (χ1) is 11.2. The number of hydrogen-bond donors (Lipinski definition) is 0. The molecular weight excluding hydrogens is 288 g/mol. The number of aryl methyl sites for hydroxylation is 2. The van der Waals surface area contributed by atoms with Crippen molar-refractivity contribution in [1.82, 2.24) is 4.90 Å². The lowest BCUT2D eigenvalue weighted by Gasteiger charge is -2.29. The highest BCUT2D eigenvalue weighted by Gasteiger charge is 2.37. The largest absolute Gasteiger partial charge is 0.342 e. The van der Waals surface area contributed by atoms with Crippen molar-refractivity contribution in [3.8, 4) is 0 Å². The van der Waals surface area contributed by atoms with Crippen LogP contribution in [0.1, 0.15) is 43.2 Å². The highest BCUT2D eigenvalue weighted by molar-refractivity contribution is 6.00. The third-order valence-electron chi connectivity index (χ3n) is 5.54. The molecule has 1 aromatic rings. The quantitative estimate of drug-likeness (QED) is 0.842. The highest BCUT2D eigenvalue weighted by atomic mass is 16.2. The summed E-state index contributed by atoms with van der Waals surface area (Å²) in [6, 6.07) is 6.37. The van der Waals surface area contributed by atoms with Crippen LogP contribution in [-0.2, 0) is 22.4 Å². The Labute approximate surface area is 137 Å². The van der Waals surface area contributed by atoms with Gasteiger partial charge in [0.05, 0.1) is 5.92 Å². The van der Waals surface area contributed by atoms with E-state index in [2.05, 4.69) is 18.2 Å². The van der Waals surface area contributed by atoms with Gasteiger partial charge in [-0.05, 0) is 61.8 Å². The topological polar surface area (TPSA) is 40.6 Å². The number of carbonyl (C=O) groups is 2. The van der Waals surface area contributed by atoms with E-state index in [0.29, 0.717) is 13.0 Å². The molecule has 2 amide bonds. The molecule has 0 spiro atoms. The summed E-state index contributed by atoms with van der Waals surface area (Å²) in [5.74, 6) is 0.119. The van der Waals surface area contributed by atoms with Crippen LogP contribution in [0.15, 0.2) is 18.2 Å². The molecule has 2 saturated heterocycles. The molecule has 2 aliphatic heterocycles. The van der Waals surface area contributed by atoms with Crippen molar-refractivity contribution in [2.75, 3.05) is 24.5 Å². The van der Waals surface area contributed by atoms with Gasteiger partial charge in [-0.2, -0.15) is 0 Å². The van der Waals surface area contributed by atoms with Gasteiger partial charge in [0.25, 0.3) is 0 Å². The zero-order valence-electron chi connectivity index (χ0n) is 13.6. The van der Waals surface area contributed by atoms with E-state index in [-0.39, 0.29) is 17.7 Å². The number of anilines is 1. The number of piperidine rings is 1. The average Bonchev–Trinajstić information content (AvgIpc) is 3.20. The maximum Gasteiger partial charge on any atom is 0.228 e. The Bertz CT molecular complexity index is 634. The van der Waals surface area contributed by atoms with Crippen molar-refractivity contribution in [2.45, 2.75) is 44.9 Å². The van der Waals surface area contributed by atoms with Gasteiger partial charge in [-0.15, -0.1) is 0 Å². The van der Waals surface area contributed by atoms with E-state index in [0.717, 1.165) is 44.5 Å². The minimum absolute atomic E-state index is 0.0957. The van der Waals surface area contributed by atoms with E-state index in [1.807, 2.05) is 9.80 Å². The Morgan fingerprint density at radius 3 is 2.61 bits per heavy atom. The van der Waals surface area contributed by atoms with Crippen LogP contribution in [-0.4, -0.2) is 36.3 Å². The number of amides is 2. The van der Waals surface area contributed by atoms with Crippen LogP contribution in [0.2, 0.25) is 0 Å². The molecule has 3 aliphatic rings. The summed E-state index contributed by atoms with van der Waals surface area (Å²) < 4.78 is 0. The fourth-order valence-electron chi connectivity index (χ4n) is 4.22. The molecule has 0 N–H and O–H groups in total. The third kappa shape index (κ3) is 2.75. The van der Waals surface area contributed by atoms with Crippen molar-refractivity contribution < 1.29 is 9.59 Å². The third-order valence-corrected chi connectivity index (χ3v) is 5.54. The van der Waals surface area contributed by atoms with Gasteiger partial charge in [0, 0.05) is 31.7 Å². The molecule has 0 radical (unpaired) electrons. The predicted octanol–water partition coefficient (Wildman–Crippen LogP) is 2.54. The zero-order valence-corrected chi connectivity index (χ0v) is 13.6. The molecule has 4 rings (SSSR count). The zero-order chi connectivity index (χ0) is 15.8. The van der Waals surface area contributed by atoms with Gasteiger partial charge >= 0.3 is 0 Å². The van der Waals surface area contributed by atoms with Crippen molar-refractivity contribution in [3.05, 3.63) is 29.3 Å². The molecule has 0 saturated carbocycles. The summed E-state index contributed by atoms with van der Waals surface area (Å²) in [5, 5.41) is 0. The van der Waals surface area contributed by atoms with Gasteiger partial charge in [0.1, 0.15) is 0 Å². The SMILES string of the molecule is O=C([C@@H]1CC(=O)N(c2ccc3c(c2)CCC3)C1)N1CCCCC1. The number of benzene rings is 1. The van der Waals surface area contributed by atoms with E-state index in [9.17, 15) is 9.59 Å².